The highest BCUT2D eigenvalue weighted by atomic mass is 35.5. The van der Waals surface area contributed by atoms with Crippen LogP contribution in [0.15, 0.2) is 74.7 Å². The second kappa shape index (κ2) is 11.0. The lowest BCUT2D eigenvalue weighted by molar-refractivity contribution is 0.253. The molecule has 5 rings (SSSR count). The number of halogens is 1. The Labute approximate surface area is 236 Å². The van der Waals surface area contributed by atoms with Crippen molar-refractivity contribution >= 4 is 61.1 Å². The van der Waals surface area contributed by atoms with Gasteiger partial charge < -0.3 is 25.9 Å². The van der Waals surface area contributed by atoms with Crippen LogP contribution in [0.25, 0.3) is 16.6 Å². The van der Waals surface area contributed by atoms with E-state index in [9.17, 15) is 22.8 Å². The number of hydrogen-bond acceptors (Lipinski definition) is 8. The Morgan fingerprint density at radius 1 is 1.07 bits per heavy atom. The van der Waals surface area contributed by atoms with Crippen LogP contribution in [0, 0.1) is 6.92 Å². The summed E-state index contributed by atoms with van der Waals surface area (Å²) in [7, 11) is -3.74. The summed E-state index contributed by atoms with van der Waals surface area (Å²) in [5.74, 6) is -0.616. The van der Waals surface area contributed by atoms with Crippen LogP contribution in [0.2, 0.25) is 4.34 Å². The van der Waals surface area contributed by atoms with Crippen molar-refractivity contribution in [1.82, 2.24) is 24.8 Å². The molecule has 3 heterocycles. The highest BCUT2D eigenvalue weighted by Gasteiger charge is 2.18. The molecule has 40 heavy (non-hydrogen) atoms. The van der Waals surface area contributed by atoms with Crippen molar-refractivity contribution in [2.75, 3.05) is 16.5 Å². The first-order valence-electron chi connectivity index (χ1n) is 11.8. The fourth-order valence-corrected chi connectivity index (χ4v) is 6.49. The third-order valence-electron chi connectivity index (χ3n) is 5.95. The second-order valence-electron chi connectivity index (χ2n) is 8.65. The number of imidazole rings is 1. The summed E-state index contributed by atoms with van der Waals surface area (Å²) in [5.41, 5.74) is 2.36. The fourth-order valence-electron chi connectivity index (χ4n) is 3.88. The molecule has 0 saturated heterocycles. The lowest BCUT2D eigenvalue weighted by Crippen LogP contribution is -2.34. The van der Waals surface area contributed by atoms with Crippen LogP contribution in [0.3, 0.4) is 0 Å². The summed E-state index contributed by atoms with van der Waals surface area (Å²) >= 11 is 6.68. The number of aryl methyl sites for hydroxylation is 1. The first-order valence-corrected chi connectivity index (χ1v) is 14.6. The average Bonchev–Trinajstić information content (AvgIpc) is 3.55. The van der Waals surface area contributed by atoms with Crippen molar-refractivity contribution in [2.24, 2.45) is 0 Å². The highest BCUT2D eigenvalue weighted by Crippen LogP contribution is 2.26. The van der Waals surface area contributed by atoms with Crippen molar-refractivity contribution < 1.29 is 13.2 Å². The summed E-state index contributed by atoms with van der Waals surface area (Å²) in [6, 6.07) is 13.1. The maximum atomic E-state index is 13.2. The van der Waals surface area contributed by atoms with Gasteiger partial charge >= 0.3 is 11.7 Å². The molecule has 2 amide bonds. The van der Waals surface area contributed by atoms with Crippen LogP contribution in [0.1, 0.15) is 11.4 Å². The smallest absolute Gasteiger partial charge is 0.333 e. The number of thiophene rings is 1. The molecular weight excluding hydrogens is 578 g/mol. The van der Waals surface area contributed by atoms with Gasteiger partial charge in [-0.2, -0.15) is 0 Å². The van der Waals surface area contributed by atoms with Crippen LogP contribution in [-0.2, 0) is 16.4 Å². The summed E-state index contributed by atoms with van der Waals surface area (Å²) in [6.07, 6.45) is 1.61. The van der Waals surface area contributed by atoms with Gasteiger partial charge in [-0.3, -0.25) is 4.79 Å². The Balaban J connectivity index is 1.28. The average molecular weight is 600 g/mol. The van der Waals surface area contributed by atoms with E-state index in [4.69, 9.17) is 11.6 Å². The Bertz CT molecular complexity index is 1940. The van der Waals surface area contributed by atoms with E-state index < -0.39 is 33.0 Å². The van der Waals surface area contributed by atoms with Crippen molar-refractivity contribution in [2.45, 2.75) is 17.7 Å². The van der Waals surface area contributed by atoms with Gasteiger partial charge in [0.15, 0.2) is 0 Å². The molecule has 0 saturated carbocycles. The molecule has 0 spiro atoms. The predicted molar refractivity (Wildman–Crippen MR) is 154 cm³/mol. The molecule has 5 aromatic rings. The lowest BCUT2D eigenvalue weighted by atomic mass is 10.2. The number of aromatic amines is 2. The van der Waals surface area contributed by atoms with Crippen molar-refractivity contribution in [3.63, 3.8) is 0 Å². The quantitative estimate of drug-likeness (QED) is 0.181. The van der Waals surface area contributed by atoms with Crippen LogP contribution < -0.4 is 27.2 Å². The third-order valence-corrected chi connectivity index (χ3v) is 9.26. The normalized spacial score (nSPS) is 11.4. The first-order chi connectivity index (χ1) is 19.1. The number of carbonyl (C=O) groups is 1. The van der Waals surface area contributed by atoms with Gasteiger partial charge in [-0.25, -0.2) is 27.6 Å². The summed E-state index contributed by atoms with van der Waals surface area (Å²) in [5, 5.41) is 8.35. The number of rotatable bonds is 8. The molecule has 2 aromatic carbocycles. The van der Waals surface area contributed by atoms with E-state index in [0.717, 1.165) is 27.3 Å². The third kappa shape index (κ3) is 5.78. The largest absolute Gasteiger partial charge is 0.379 e. The predicted octanol–water partition coefficient (Wildman–Crippen LogP) is 3.59. The van der Waals surface area contributed by atoms with Gasteiger partial charge in [-0.1, -0.05) is 11.6 Å². The summed E-state index contributed by atoms with van der Waals surface area (Å²) in [4.78, 5) is 48.2. The Morgan fingerprint density at radius 2 is 1.82 bits per heavy atom. The van der Waals surface area contributed by atoms with E-state index in [1.165, 1.54) is 36.4 Å². The van der Waals surface area contributed by atoms with E-state index in [0.29, 0.717) is 33.2 Å². The maximum Gasteiger partial charge on any atom is 0.333 e. The standard InChI is InChI=1S/C25H22ClN7O5S2/c1-14-20(29-12-28-14)11-27-16-4-7-18-19(10-16)32-25(36)33(23(18)34)17-5-2-15(3-6-17)31-24(35)30-13-40(37,38)22-9-8-21(26)39-22/h2-10,12,27H,11,13H2,1H3,(H,28,29)(H,32,36)(H2,30,31,35). The van der Waals surface area contributed by atoms with E-state index in [1.807, 2.05) is 6.92 Å². The topological polar surface area (TPSA) is 171 Å². The molecule has 0 aliphatic heterocycles. The first kappa shape index (κ1) is 27.2. The van der Waals surface area contributed by atoms with Gasteiger partial charge in [0.1, 0.15) is 10.1 Å². The minimum absolute atomic E-state index is 0.0461. The number of sulfone groups is 1. The molecule has 15 heteroatoms. The number of H-pyrrole nitrogens is 2. The molecule has 0 radical (unpaired) electrons. The number of nitrogens with one attached hydrogen (secondary N) is 5. The highest BCUT2D eigenvalue weighted by molar-refractivity contribution is 7.93. The number of carbonyl (C=O) groups excluding carboxylic acids is 1. The maximum absolute atomic E-state index is 13.2. The molecule has 206 valence electrons. The Hall–Kier alpha value is -4.40. The van der Waals surface area contributed by atoms with Crippen LogP contribution in [0.5, 0.6) is 0 Å². The molecule has 5 N–H and O–H groups in total. The molecule has 12 nitrogen and oxygen atoms in total. The molecule has 0 aliphatic rings. The second-order valence-corrected chi connectivity index (χ2v) is 12.6. The number of aromatic nitrogens is 4. The lowest BCUT2D eigenvalue weighted by Gasteiger charge is -2.11. The molecule has 0 unspecified atom stereocenters. The van der Waals surface area contributed by atoms with Crippen LogP contribution in [0.4, 0.5) is 16.2 Å². The van der Waals surface area contributed by atoms with E-state index in [-0.39, 0.29) is 9.90 Å². The van der Waals surface area contributed by atoms with Gasteiger partial charge in [0, 0.05) is 17.1 Å². The molecular formula is C25H22ClN7O5S2. The van der Waals surface area contributed by atoms with Gasteiger partial charge in [0.05, 0.1) is 39.5 Å². The molecule has 0 atom stereocenters. The zero-order valence-corrected chi connectivity index (χ0v) is 23.2. The Kier molecular flexibility index (Phi) is 7.47. The van der Waals surface area contributed by atoms with Crippen molar-refractivity contribution in [1.29, 1.82) is 0 Å². The van der Waals surface area contributed by atoms with E-state index in [2.05, 4.69) is 30.9 Å². The molecule has 0 bridgehead atoms. The number of anilines is 2. The van der Waals surface area contributed by atoms with Crippen molar-refractivity contribution in [3.05, 3.63) is 97.5 Å². The van der Waals surface area contributed by atoms with Gasteiger partial charge in [0.25, 0.3) is 5.56 Å². The van der Waals surface area contributed by atoms with E-state index in [1.54, 1.807) is 24.5 Å². The van der Waals surface area contributed by atoms with Crippen LogP contribution >= 0.6 is 22.9 Å². The number of fused-ring (bicyclic) bond motifs is 1. The zero-order valence-electron chi connectivity index (χ0n) is 20.8. The molecule has 0 aliphatic carbocycles. The van der Waals surface area contributed by atoms with Gasteiger partial charge in [-0.15, -0.1) is 11.3 Å². The van der Waals surface area contributed by atoms with Gasteiger partial charge in [0.2, 0.25) is 9.84 Å². The van der Waals surface area contributed by atoms with Crippen molar-refractivity contribution in [3.8, 4) is 5.69 Å². The van der Waals surface area contributed by atoms with Gasteiger partial charge in [-0.05, 0) is 61.5 Å². The number of nitrogens with zero attached hydrogens (tertiary/aromatic N) is 2. The summed E-state index contributed by atoms with van der Waals surface area (Å²) < 4.78 is 26.0. The minimum atomic E-state index is -3.74. The zero-order chi connectivity index (χ0) is 28.4. The number of amides is 2. The number of benzene rings is 2. The monoisotopic (exact) mass is 599 g/mol. The summed E-state index contributed by atoms with van der Waals surface area (Å²) in [6.45, 7) is 2.39. The SMILES string of the molecule is Cc1[nH]cnc1CNc1ccc2c(=O)n(-c3ccc(NC(=O)NCS(=O)(=O)c4ccc(Cl)s4)cc3)c(=O)[nH]c2c1. The molecule has 3 aromatic heterocycles. The molecule has 0 fully saturated rings. The van der Waals surface area contributed by atoms with E-state index >= 15 is 0 Å². The number of hydrogen-bond donors (Lipinski definition) is 5. The fraction of sp³-hybridized carbons (Fsp3) is 0.120. The minimum Gasteiger partial charge on any atom is -0.379 e. The van der Waals surface area contributed by atoms with Crippen LogP contribution in [-0.4, -0.2) is 39.8 Å². The Morgan fingerprint density at radius 3 is 2.50 bits per heavy atom. The number of urea groups is 1.